The van der Waals surface area contributed by atoms with E-state index in [0.717, 1.165) is 36.5 Å². The molecule has 0 bridgehead atoms. The van der Waals surface area contributed by atoms with Crippen LogP contribution in [-0.4, -0.2) is 33.6 Å². The van der Waals surface area contributed by atoms with Crippen LogP contribution in [0.5, 0.6) is 0 Å². The van der Waals surface area contributed by atoms with Crippen molar-refractivity contribution in [3.8, 4) is 0 Å². The lowest BCUT2D eigenvalue weighted by Crippen LogP contribution is -2.33. The molecule has 0 saturated carbocycles. The summed E-state index contributed by atoms with van der Waals surface area (Å²) in [5, 5.41) is 0. The molecule has 1 fully saturated rings. The molecule has 0 radical (unpaired) electrons. The Hall–Kier alpha value is -0.650. The van der Waals surface area contributed by atoms with Gasteiger partial charge in [0.05, 0.1) is 21.4 Å². The van der Waals surface area contributed by atoms with Gasteiger partial charge in [0.15, 0.2) is 0 Å². The average molecular weight is 375 g/mol. The summed E-state index contributed by atoms with van der Waals surface area (Å²) < 4.78 is 16.4. The van der Waals surface area contributed by atoms with Crippen LogP contribution in [0.3, 0.4) is 0 Å². The van der Waals surface area contributed by atoms with Crippen LogP contribution in [0.2, 0.25) is 0 Å². The Balaban J connectivity index is 2.01. The zero-order valence-corrected chi connectivity index (χ0v) is 14.3. The van der Waals surface area contributed by atoms with E-state index in [-0.39, 0.29) is 5.82 Å². The van der Waals surface area contributed by atoms with E-state index in [2.05, 4.69) is 37.3 Å². The fraction of sp³-hybridized carbons (Fsp3) is 0.533. The molecule has 2 aromatic rings. The molecule has 3 rings (SSSR count). The number of nitrogens with zero attached hydrogens (tertiary/aromatic N) is 3. The van der Waals surface area contributed by atoms with Gasteiger partial charge in [-0.2, -0.15) is 0 Å². The van der Waals surface area contributed by atoms with Crippen molar-refractivity contribution in [3.63, 3.8) is 0 Å². The maximum absolute atomic E-state index is 13.9. The lowest BCUT2D eigenvalue weighted by atomic mass is 10.2. The molecule has 1 atom stereocenters. The molecular formula is C15H18BrClFN3. The number of fused-ring (bicyclic) bond motifs is 1. The molecule has 1 aliphatic heterocycles. The summed E-state index contributed by atoms with van der Waals surface area (Å²) in [6, 6.07) is 3.76. The fourth-order valence-electron chi connectivity index (χ4n) is 3.20. The number of hydrogen-bond donors (Lipinski definition) is 0. The van der Waals surface area contributed by atoms with Crippen LogP contribution in [0, 0.1) is 5.82 Å². The number of likely N-dealkylation sites (tertiary alicyclic amines) is 1. The van der Waals surface area contributed by atoms with Gasteiger partial charge in [-0.25, -0.2) is 9.37 Å². The van der Waals surface area contributed by atoms with Gasteiger partial charge in [-0.05, 0) is 47.9 Å². The van der Waals surface area contributed by atoms with Crippen molar-refractivity contribution in [1.29, 1.82) is 0 Å². The smallest absolute Gasteiger partial charge is 0.139 e. The number of halogens is 3. The normalized spacial score (nSPS) is 19.7. The molecule has 6 heteroatoms. The third-order valence-electron chi connectivity index (χ3n) is 4.29. The van der Waals surface area contributed by atoms with Gasteiger partial charge in [-0.15, -0.1) is 11.6 Å². The third-order valence-corrected chi connectivity index (χ3v) is 5.13. The number of benzene rings is 1. The lowest BCUT2D eigenvalue weighted by Gasteiger charge is -2.24. The minimum Gasteiger partial charge on any atom is -0.325 e. The Morgan fingerprint density at radius 2 is 2.29 bits per heavy atom. The maximum atomic E-state index is 13.9. The predicted octanol–water partition coefficient (Wildman–Crippen LogP) is 4.16. The summed E-state index contributed by atoms with van der Waals surface area (Å²) in [6.45, 7) is 5.20. The van der Waals surface area contributed by atoms with Gasteiger partial charge >= 0.3 is 0 Å². The Kier molecular flexibility index (Phi) is 4.52. The van der Waals surface area contributed by atoms with E-state index >= 15 is 0 Å². The second kappa shape index (κ2) is 6.23. The second-order valence-corrected chi connectivity index (χ2v) is 6.57. The fourth-order valence-corrected chi connectivity index (χ4v) is 3.74. The number of alkyl halides is 1. The molecular weight excluding hydrogens is 357 g/mol. The highest BCUT2D eigenvalue weighted by Crippen LogP contribution is 2.27. The third kappa shape index (κ3) is 2.83. The number of imidazole rings is 1. The van der Waals surface area contributed by atoms with Gasteiger partial charge in [-0.1, -0.05) is 6.92 Å². The van der Waals surface area contributed by atoms with Crippen molar-refractivity contribution in [2.24, 2.45) is 0 Å². The molecule has 0 N–H and O–H groups in total. The van der Waals surface area contributed by atoms with Crippen molar-refractivity contribution in [2.75, 3.05) is 13.1 Å². The van der Waals surface area contributed by atoms with E-state index in [1.165, 1.54) is 12.8 Å². The first kappa shape index (κ1) is 15.3. The van der Waals surface area contributed by atoms with Crippen molar-refractivity contribution in [3.05, 3.63) is 28.2 Å². The van der Waals surface area contributed by atoms with Gasteiger partial charge in [0.1, 0.15) is 11.6 Å². The molecule has 1 unspecified atom stereocenters. The molecule has 1 aromatic heterocycles. The largest absolute Gasteiger partial charge is 0.325 e. The second-order valence-electron chi connectivity index (χ2n) is 5.45. The van der Waals surface area contributed by atoms with Gasteiger partial charge in [0, 0.05) is 18.7 Å². The molecule has 3 nitrogen and oxygen atoms in total. The summed E-state index contributed by atoms with van der Waals surface area (Å²) >= 11 is 9.25. The highest BCUT2D eigenvalue weighted by molar-refractivity contribution is 9.10. The molecule has 2 heterocycles. The zero-order chi connectivity index (χ0) is 15.0. The summed E-state index contributed by atoms with van der Waals surface area (Å²) in [4.78, 5) is 7.01. The first-order valence-corrected chi connectivity index (χ1v) is 8.61. The summed E-state index contributed by atoms with van der Waals surface area (Å²) in [5.41, 5.74) is 1.62. The topological polar surface area (TPSA) is 21.1 Å². The van der Waals surface area contributed by atoms with Crippen molar-refractivity contribution in [1.82, 2.24) is 14.5 Å². The Morgan fingerprint density at radius 3 is 3.00 bits per heavy atom. The monoisotopic (exact) mass is 373 g/mol. The predicted molar refractivity (Wildman–Crippen MR) is 87.2 cm³/mol. The van der Waals surface area contributed by atoms with Crippen LogP contribution in [0.15, 0.2) is 16.6 Å². The van der Waals surface area contributed by atoms with Crippen molar-refractivity contribution in [2.45, 2.75) is 38.2 Å². The van der Waals surface area contributed by atoms with Crippen molar-refractivity contribution >= 4 is 38.6 Å². The van der Waals surface area contributed by atoms with Gasteiger partial charge in [-0.3, -0.25) is 4.90 Å². The molecule has 0 spiro atoms. The lowest BCUT2D eigenvalue weighted by molar-refractivity contribution is 0.245. The first-order valence-electron chi connectivity index (χ1n) is 7.28. The van der Waals surface area contributed by atoms with E-state index in [4.69, 9.17) is 11.6 Å². The summed E-state index contributed by atoms with van der Waals surface area (Å²) in [5.74, 6) is 0.892. The highest BCUT2D eigenvalue weighted by atomic mass is 79.9. The molecule has 1 aromatic carbocycles. The standard InChI is InChI=1S/C15H18BrClFN3/c1-2-20-5-3-4-10(20)9-21-14-7-12(18)11(16)6-13(14)19-15(21)8-17/h6-7,10H,2-5,8-9H2,1H3. The van der Waals surface area contributed by atoms with E-state index in [1.54, 1.807) is 12.1 Å². The molecule has 114 valence electrons. The van der Waals surface area contributed by atoms with E-state index < -0.39 is 0 Å². The first-order chi connectivity index (χ1) is 10.1. The van der Waals surface area contributed by atoms with Crippen LogP contribution < -0.4 is 0 Å². The van der Waals surface area contributed by atoms with Crippen LogP contribution in [0.25, 0.3) is 11.0 Å². The van der Waals surface area contributed by atoms with E-state index in [0.29, 0.717) is 16.4 Å². The summed E-state index contributed by atoms with van der Waals surface area (Å²) in [6.07, 6.45) is 2.40. The van der Waals surface area contributed by atoms with Crippen molar-refractivity contribution < 1.29 is 4.39 Å². The molecule has 0 aliphatic carbocycles. The summed E-state index contributed by atoms with van der Waals surface area (Å²) in [7, 11) is 0. The zero-order valence-electron chi connectivity index (χ0n) is 12.0. The quantitative estimate of drug-likeness (QED) is 0.749. The Bertz CT molecular complexity index is 658. The van der Waals surface area contributed by atoms with Gasteiger partial charge in [0.2, 0.25) is 0 Å². The minimum atomic E-state index is -0.261. The molecule has 0 amide bonds. The van der Waals surface area contributed by atoms with Crippen LogP contribution in [0.1, 0.15) is 25.6 Å². The van der Waals surface area contributed by atoms with Gasteiger partial charge in [0.25, 0.3) is 0 Å². The molecule has 1 saturated heterocycles. The SMILES string of the molecule is CCN1CCCC1Cn1c(CCl)nc2cc(Br)c(F)cc21. The van der Waals surface area contributed by atoms with Crippen LogP contribution in [0.4, 0.5) is 4.39 Å². The molecule has 21 heavy (non-hydrogen) atoms. The number of hydrogen-bond acceptors (Lipinski definition) is 2. The molecule has 1 aliphatic rings. The van der Waals surface area contributed by atoms with Crippen LogP contribution >= 0.6 is 27.5 Å². The minimum absolute atomic E-state index is 0.261. The highest BCUT2D eigenvalue weighted by Gasteiger charge is 2.25. The average Bonchev–Trinajstić information content (AvgIpc) is 3.05. The maximum Gasteiger partial charge on any atom is 0.139 e. The Labute approximate surface area is 137 Å². The van der Waals surface area contributed by atoms with Crippen LogP contribution in [-0.2, 0) is 12.4 Å². The van der Waals surface area contributed by atoms with E-state index in [9.17, 15) is 4.39 Å². The number of likely N-dealkylation sites (N-methyl/N-ethyl adjacent to an activating group) is 1. The Morgan fingerprint density at radius 1 is 1.48 bits per heavy atom. The van der Waals surface area contributed by atoms with E-state index in [1.807, 2.05) is 0 Å². The van der Waals surface area contributed by atoms with Gasteiger partial charge < -0.3 is 4.57 Å². The number of rotatable bonds is 4. The number of aromatic nitrogens is 2.